The summed E-state index contributed by atoms with van der Waals surface area (Å²) in [6, 6.07) is 7.90. The minimum Gasteiger partial charge on any atom is -0.384 e. The summed E-state index contributed by atoms with van der Waals surface area (Å²) in [7, 11) is -2.95. The first-order valence-electron chi connectivity index (χ1n) is 6.98. The number of benzene rings is 1. The van der Waals surface area contributed by atoms with Crippen LogP contribution in [0.3, 0.4) is 0 Å². The molecule has 0 aliphatic carbocycles. The fraction of sp³-hybridized carbons (Fsp3) is 0.400. The minimum absolute atomic E-state index is 0.130. The number of anilines is 1. The Bertz CT molecular complexity index is 773. The average molecular weight is 305 g/mol. The van der Waals surface area contributed by atoms with E-state index in [0.717, 1.165) is 11.3 Å². The van der Waals surface area contributed by atoms with Crippen LogP contribution in [-0.4, -0.2) is 29.7 Å². The second-order valence-electron chi connectivity index (χ2n) is 5.83. The van der Waals surface area contributed by atoms with Crippen LogP contribution < -0.4 is 5.73 Å². The molecule has 0 amide bonds. The third-order valence-electron chi connectivity index (χ3n) is 3.84. The molecule has 0 spiro atoms. The van der Waals surface area contributed by atoms with Gasteiger partial charge in [-0.15, -0.1) is 0 Å². The summed E-state index contributed by atoms with van der Waals surface area (Å²) in [6.07, 6.45) is 0.584. The maximum atomic E-state index is 11.6. The van der Waals surface area contributed by atoms with E-state index in [1.807, 2.05) is 19.9 Å². The smallest absolute Gasteiger partial charge is 0.152 e. The van der Waals surface area contributed by atoms with Crippen molar-refractivity contribution in [2.24, 2.45) is 0 Å². The monoisotopic (exact) mass is 305 g/mol. The van der Waals surface area contributed by atoms with E-state index in [9.17, 15) is 8.42 Å². The summed E-state index contributed by atoms with van der Waals surface area (Å²) >= 11 is 0. The highest BCUT2D eigenvalue weighted by molar-refractivity contribution is 7.91. The summed E-state index contributed by atoms with van der Waals surface area (Å²) in [5, 5.41) is 4.54. The summed E-state index contributed by atoms with van der Waals surface area (Å²) in [5.74, 6) is 0.868. The first-order valence-corrected chi connectivity index (χ1v) is 8.80. The lowest BCUT2D eigenvalue weighted by Crippen LogP contribution is -2.14. The normalized spacial score (nSPS) is 20.8. The average Bonchev–Trinajstić information content (AvgIpc) is 2.91. The number of nitrogens with zero attached hydrogens (tertiary/aromatic N) is 2. The van der Waals surface area contributed by atoms with Gasteiger partial charge in [-0.05, 0) is 32.4 Å². The first kappa shape index (κ1) is 14.1. The van der Waals surface area contributed by atoms with E-state index in [1.165, 1.54) is 11.1 Å². The highest BCUT2D eigenvalue weighted by atomic mass is 32.2. The fourth-order valence-corrected chi connectivity index (χ4v) is 4.63. The highest BCUT2D eigenvalue weighted by Crippen LogP contribution is 2.29. The molecule has 1 saturated heterocycles. The molecular weight excluding hydrogens is 286 g/mol. The molecule has 0 saturated carbocycles. The number of hydrogen-bond donors (Lipinski definition) is 1. The molecule has 1 fully saturated rings. The molecule has 2 aromatic rings. The maximum Gasteiger partial charge on any atom is 0.152 e. The number of hydrogen-bond acceptors (Lipinski definition) is 4. The van der Waals surface area contributed by atoms with Crippen LogP contribution in [-0.2, 0) is 9.84 Å². The Kier molecular flexibility index (Phi) is 3.28. The van der Waals surface area contributed by atoms with Gasteiger partial charge in [-0.1, -0.05) is 17.2 Å². The van der Waals surface area contributed by atoms with Crippen LogP contribution in [0.2, 0.25) is 0 Å². The zero-order chi connectivity index (χ0) is 15.2. The van der Waals surface area contributed by atoms with Crippen LogP contribution in [0.15, 0.2) is 24.3 Å². The van der Waals surface area contributed by atoms with Gasteiger partial charge in [-0.2, -0.15) is 5.10 Å². The summed E-state index contributed by atoms with van der Waals surface area (Å²) in [5.41, 5.74) is 10.2. The first-order chi connectivity index (χ1) is 9.84. The summed E-state index contributed by atoms with van der Waals surface area (Å²) < 4.78 is 24.9. The molecule has 21 heavy (non-hydrogen) atoms. The Hall–Kier alpha value is -1.82. The number of nitrogen functional groups attached to an aromatic ring is 1. The predicted octanol–water partition coefficient (Wildman–Crippen LogP) is 2.11. The van der Waals surface area contributed by atoms with Crippen molar-refractivity contribution in [3.63, 3.8) is 0 Å². The van der Waals surface area contributed by atoms with Gasteiger partial charge in [0.25, 0.3) is 0 Å². The van der Waals surface area contributed by atoms with Crippen LogP contribution in [0.5, 0.6) is 0 Å². The number of nitrogens with two attached hydrogens (primary N) is 1. The molecule has 2 heterocycles. The Morgan fingerprint density at radius 2 is 1.86 bits per heavy atom. The number of aromatic nitrogens is 2. The van der Waals surface area contributed by atoms with Crippen LogP contribution in [0, 0.1) is 13.8 Å². The van der Waals surface area contributed by atoms with Gasteiger partial charge in [0.2, 0.25) is 0 Å². The third kappa shape index (κ3) is 2.81. The molecule has 1 unspecified atom stereocenters. The van der Waals surface area contributed by atoms with Crippen molar-refractivity contribution in [2.75, 3.05) is 17.2 Å². The van der Waals surface area contributed by atoms with Gasteiger partial charge < -0.3 is 5.73 Å². The van der Waals surface area contributed by atoms with Crippen molar-refractivity contribution in [3.8, 4) is 11.3 Å². The van der Waals surface area contributed by atoms with Gasteiger partial charge in [0.15, 0.2) is 9.84 Å². The van der Waals surface area contributed by atoms with Crippen LogP contribution in [0.25, 0.3) is 11.3 Å². The van der Waals surface area contributed by atoms with Gasteiger partial charge in [-0.25, -0.2) is 13.1 Å². The number of sulfone groups is 1. The SMILES string of the molecule is Cc1cc(C)cc(-c2cc(N)n(C3CCS(=O)(=O)C3)n2)c1. The van der Waals surface area contributed by atoms with Crippen molar-refractivity contribution in [3.05, 3.63) is 35.4 Å². The summed E-state index contributed by atoms with van der Waals surface area (Å²) in [4.78, 5) is 0. The zero-order valence-electron chi connectivity index (χ0n) is 12.2. The van der Waals surface area contributed by atoms with Crippen LogP contribution in [0.4, 0.5) is 5.82 Å². The van der Waals surface area contributed by atoms with Gasteiger partial charge in [0, 0.05) is 11.6 Å². The van der Waals surface area contributed by atoms with E-state index in [4.69, 9.17) is 5.73 Å². The quantitative estimate of drug-likeness (QED) is 0.921. The number of aryl methyl sites for hydroxylation is 2. The third-order valence-corrected chi connectivity index (χ3v) is 5.59. The van der Waals surface area contributed by atoms with Crippen molar-refractivity contribution in [1.82, 2.24) is 9.78 Å². The Morgan fingerprint density at radius 1 is 1.19 bits per heavy atom. The molecule has 0 radical (unpaired) electrons. The lowest BCUT2D eigenvalue weighted by Gasteiger charge is -2.10. The van der Waals surface area contributed by atoms with Gasteiger partial charge >= 0.3 is 0 Å². The molecule has 5 nitrogen and oxygen atoms in total. The second-order valence-corrected chi connectivity index (χ2v) is 8.06. The largest absolute Gasteiger partial charge is 0.384 e. The minimum atomic E-state index is -2.95. The Labute approximate surface area is 124 Å². The lowest BCUT2D eigenvalue weighted by molar-refractivity contribution is 0.508. The molecule has 1 aliphatic rings. The van der Waals surface area contributed by atoms with E-state index in [0.29, 0.717) is 12.2 Å². The molecule has 1 aromatic heterocycles. The van der Waals surface area contributed by atoms with E-state index in [2.05, 4.69) is 23.3 Å². The number of rotatable bonds is 2. The maximum absolute atomic E-state index is 11.6. The van der Waals surface area contributed by atoms with Gasteiger partial charge in [-0.3, -0.25) is 0 Å². The molecule has 0 bridgehead atoms. The van der Waals surface area contributed by atoms with E-state index < -0.39 is 9.84 Å². The summed E-state index contributed by atoms with van der Waals surface area (Å²) in [6.45, 7) is 4.08. The van der Waals surface area contributed by atoms with Crippen LogP contribution in [0.1, 0.15) is 23.6 Å². The molecule has 112 valence electrons. The predicted molar refractivity (Wildman–Crippen MR) is 83.9 cm³/mol. The second kappa shape index (κ2) is 4.87. The lowest BCUT2D eigenvalue weighted by atomic mass is 10.1. The zero-order valence-corrected chi connectivity index (χ0v) is 13.0. The van der Waals surface area contributed by atoms with E-state index >= 15 is 0 Å². The topological polar surface area (TPSA) is 78.0 Å². The van der Waals surface area contributed by atoms with Crippen molar-refractivity contribution in [1.29, 1.82) is 0 Å². The molecule has 1 aliphatic heterocycles. The van der Waals surface area contributed by atoms with E-state index in [1.54, 1.807) is 4.68 Å². The van der Waals surface area contributed by atoms with Gasteiger partial charge in [0.05, 0.1) is 23.2 Å². The van der Waals surface area contributed by atoms with Gasteiger partial charge in [0.1, 0.15) is 5.82 Å². The Morgan fingerprint density at radius 3 is 2.43 bits per heavy atom. The molecule has 3 rings (SSSR count). The van der Waals surface area contributed by atoms with Crippen molar-refractivity contribution < 1.29 is 8.42 Å². The molecule has 1 atom stereocenters. The Balaban J connectivity index is 1.98. The van der Waals surface area contributed by atoms with E-state index in [-0.39, 0.29) is 17.5 Å². The van der Waals surface area contributed by atoms with Crippen LogP contribution >= 0.6 is 0 Å². The molecule has 6 heteroatoms. The highest BCUT2D eigenvalue weighted by Gasteiger charge is 2.31. The fourth-order valence-electron chi connectivity index (χ4n) is 2.93. The molecule has 1 aromatic carbocycles. The van der Waals surface area contributed by atoms with Crippen molar-refractivity contribution >= 4 is 15.7 Å². The standard InChI is InChI=1S/C15H19N3O2S/c1-10-5-11(2)7-12(6-10)14-8-15(16)18(17-14)13-3-4-21(19,20)9-13/h5-8,13H,3-4,9,16H2,1-2H3. The molecule has 2 N–H and O–H groups in total. The molecular formula is C15H19N3O2S. The van der Waals surface area contributed by atoms with Crippen molar-refractivity contribution in [2.45, 2.75) is 26.3 Å².